The first-order valence-electron chi connectivity index (χ1n) is 9.30. The number of carbonyl (C=O) groups is 1. The Kier molecular flexibility index (Phi) is 5.57. The van der Waals surface area contributed by atoms with Crippen molar-refractivity contribution in [2.45, 2.75) is 59.4 Å². The van der Waals surface area contributed by atoms with Crippen LogP contribution in [0.1, 0.15) is 61.2 Å². The van der Waals surface area contributed by atoms with Crippen LogP contribution in [0.5, 0.6) is 0 Å². The van der Waals surface area contributed by atoms with Crippen LogP contribution in [-0.4, -0.2) is 33.4 Å². The van der Waals surface area contributed by atoms with Gasteiger partial charge < -0.3 is 4.90 Å². The Hall–Kier alpha value is -1.69. The standard InChI is InChI=1S/C19H27N3O2S/c1-4-5-6-9-22-12-20-17-15(18(22)23)14(3)16(25-17)19(24)21-10-7-8-13(2)11-21/h12-13H,4-11H2,1-3H3. The molecule has 0 aromatic carbocycles. The number of fused-ring (bicyclic) bond motifs is 1. The summed E-state index contributed by atoms with van der Waals surface area (Å²) in [6.07, 6.45) is 7.06. The predicted molar refractivity (Wildman–Crippen MR) is 102 cm³/mol. The Morgan fingerprint density at radius 3 is 2.92 bits per heavy atom. The lowest BCUT2D eigenvalue weighted by Gasteiger charge is -2.30. The molecule has 6 heteroatoms. The van der Waals surface area contributed by atoms with Gasteiger partial charge in [-0.1, -0.05) is 26.7 Å². The van der Waals surface area contributed by atoms with Crippen LogP contribution >= 0.6 is 11.3 Å². The van der Waals surface area contributed by atoms with Crippen molar-refractivity contribution in [3.8, 4) is 0 Å². The summed E-state index contributed by atoms with van der Waals surface area (Å²) in [4.78, 5) is 33.5. The minimum atomic E-state index is -0.0130. The number of aryl methyl sites for hydroxylation is 2. The van der Waals surface area contributed by atoms with Gasteiger partial charge in [0.15, 0.2) is 0 Å². The van der Waals surface area contributed by atoms with E-state index in [9.17, 15) is 9.59 Å². The van der Waals surface area contributed by atoms with E-state index >= 15 is 0 Å². The zero-order chi connectivity index (χ0) is 18.0. The van der Waals surface area contributed by atoms with Gasteiger partial charge in [-0.3, -0.25) is 14.2 Å². The van der Waals surface area contributed by atoms with Crippen LogP contribution in [0.15, 0.2) is 11.1 Å². The number of amides is 1. The molecule has 1 unspecified atom stereocenters. The molecule has 1 fully saturated rings. The molecule has 25 heavy (non-hydrogen) atoms. The number of thiophene rings is 1. The summed E-state index contributed by atoms with van der Waals surface area (Å²) in [6.45, 7) is 8.53. The van der Waals surface area contributed by atoms with E-state index in [0.717, 1.165) is 44.3 Å². The number of carbonyl (C=O) groups excluding carboxylic acids is 1. The van der Waals surface area contributed by atoms with Gasteiger partial charge >= 0.3 is 0 Å². The Bertz CT molecular complexity index is 824. The zero-order valence-electron chi connectivity index (χ0n) is 15.4. The minimum Gasteiger partial charge on any atom is -0.338 e. The van der Waals surface area contributed by atoms with Gasteiger partial charge in [-0.25, -0.2) is 4.98 Å². The van der Waals surface area contributed by atoms with E-state index < -0.39 is 0 Å². The molecular formula is C19H27N3O2S. The van der Waals surface area contributed by atoms with Crippen molar-refractivity contribution in [2.75, 3.05) is 13.1 Å². The fourth-order valence-electron chi connectivity index (χ4n) is 3.57. The lowest BCUT2D eigenvalue weighted by Crippen LogP contribution is -2.39. The maximum absolute atomic E-state index is 12.9. The van der Waals surface area contributed by atoms with E-state index in [4.69, 9.17) is 0 Å². The third-order valence-corrected chi connectivity index (χ3v) is 6.25. The van der Waals surface area contributed by atoms with Gasteiger partial charge in [0.1, 0.15) is 4.83 Å². The highest BCUT2D eigenvalue weighted by Crippen LogP contribution is 2.29. The first kappa shape index (κ1) is 18.1. The lowest BCUT2D eigenvalue weighted by molar-refractivity contribution is 0.0687. The molecule has 1 amide bonds. The summed E-state index contributed by atoms with van der Waals surface area (Å²) in [5, 5.41) is 0.623. The van der Waals surface area contributed by atoms with Crippen molar-refractivity contribution in [1.82, 2.24) is 14.5 Å². The highest BCUT2D eigenvalue weighted by Gasteiger charge is 2.26. The van der Waals surface area contributed by atoms with Crippen molar-refractivity contribution < 1.29 is 4.79 Å². The summed E-state index contributed by atoms with van der Waals surface area (Å²) in [5.74, 6) is 0.602. The van der Waals surface area contributed by atoms with E-state index in [-0.39, 0.29) is 11.5 Å². The molecule has 0 bridgehead atoms. The summed E-state index contributed by atoms with van der Waals surface area (Å²) >= 11 is 1.36. The van der Waals surface area contributed by atoms with Crippen LogP contribution in [0.3, 0.4) is 0 Å². The van der Waals surface area contributed by atoms with Crippen LogP contribution in [-0.2, 0) is 6.54 Å². The molecule has 2 aromatic heterocycles. The second-order valence-corrected chi connectivity index (χ2v) is 8.18. The topological polar surface area (TPSA) is 55.2 Å². The molecule has 0 saturated carbocycles. The first-order chi connectivity index (χ1) is 12.0. The van der Waals surface area contributed by atoms with Crippen molar-refractivity contribution in [3.63, 3.8) is 0 Å². The van der Waals surface area contributed by atoms with Gasteiger partial charge in [0.05, 0.1) is 16.6 Å². The SMILES string of the molecule is CCCCCn1cnc2sc(C(=O)N3CCCC(C)C3)c(C)c2c1=O. The van der Waals surface area contributed by atoms with Crippen molar-refractivity contribution in [1.29, 1.82) is 0 Å². The molecule has 3 heterocycles. The van der Waals surface area contributed by atoms with E-state index in [0.29, 0.717) is 27.6 Å². The monoisotopic (exact) mass is 361 g/mol. The van der Waals surface area contributed by atoms with Crippen LogP contribution in [0, 0.1) is 12.8 Å². The normalized spacial score (nSPS) is 18.0. The quantitative estimate of drug-likeness (QED) is 0.761. The zero-order valence-corrected chi connectivity index (χ0v) is 16.2. The van der Waals surface area contributed by atoms with Gasteiger partial charge in [0.2, 0.25) is 0 Å². The number of aromatic nitrogens is 2. The average molecular weight is 362 g/mol. The van der Waals surface area contributed by atoms with Gasteiger partial charge in [0, 0.05) is 19.6 Å². The number of piperidine rings is 1. The average Bonchev–Trinajstić information content (AvgIpc) is 2.94. The van der Waals surface area contributed by atoms with E-state index in [1.54, 1.807) is 10.9 Å². The fraction of sp³-hybridized carbons (Fsp3) is 0.632. The molecule has 1 aliphatic heterocycles. The minimum absolute atomic E-state index is 0.0130. The number of rotatable bonds is 5. The Morgan fingerprint density at radius 2 is 2.20 bits per heavy atom. The molecule has 0 N–H and O–H groups in total. The third kappa shape index (κ3) is 3.64. The van der Waals surface area contributed by atoms with Crippen LogP contribution in [0.2, 0.25) is 0 Å². The molecule has 1 atom stereocenters. The Morgan fingerprint density at radius 1 is 1.40 bits per heavy atom. The first-order valence-corrected chi connectivity index (χ1v) is 10.1. The Labute approximate surface area is 152 Å². The molecule has 1 saturated heterocycles. The highest BCUT2D eigenvalue weighted by atomic mass is 32.1. The molecular weight excluding hydrogens is 334 g/mol. The predicted octanol–water partition coefficient (Wildman–Crippen LogP) is 3.83. The van der Waals surface area contributed by atoms with E-state index in [1.807, 2.05) is 11.8 Å². The van der Waals surface area contributed by atoms with Gasteiger partial charge in [-0.05, 0) is 37.7 Å². The molecule has 0 spiro atoms. The number of hydrogen-bond donors (Lipinski definition) is 0. The molecule has 0 aliphatic carbocycles. The van der Waals surface area contributed by atoms with E-state index in [2.05, 4.69) is 18.8 Å². The summed E-state index contributed by atoms with van der Waals surface area (Å²) in [7, 11) is 0. The highest BCUT2D eigenvalue weighted by molar-refractivity contribution is 7.20. The van der Waals surface area contributed by atoms with Gasteiger partial charge in [0.25, 0.3) is 11.5 Å². The number of unbranched alkanes of at least 4 members (excludes halogenated alkanes) is 2. The van der Waals surface area contributed by atoms with Crippen LogP contribution < -0.4 is 5.56 Å². The molecule has 5 nitrogen and oxygen atoms in total. The largest absolute Gasteiger partial charge is 0.338 e. The maximum Gasteiger partial charge on any atom is 0.264 e. The molecule has 136 valence electrons. The smallest absolute Gasteiger partial charge is 0.264 e. The van der Waals surface area contributed by atoms with Crippen LogP contribution in [0.4, 0.5) is 0 Å². The summed E-state index contributed by atoms with van der Waals surface area (Å²) in [5.41, 5.74) is 0.784. The molecule has 3 rings (SSSR count). The molecule has 1 aliphatic rings. The molecule has 2 aromatic rings. The summed E-state index contributed by atoms with van der Waals surface area (Å²) in [6, 6.07) is 0. The number of hydrogen-bond acceptors (Lipinski definition) is 4. The summed E-state index contributed by atoms with van der Waals surface area (Å²) < 4.78 is 1.69. The van der Waals surface area contributed by atoms with Gasteiger partial charge in [-0.2, -0.15) is 0 Å². The fourth-order valence-corrected chi connectivity index (χ4v) is 4.68. The Balaban J connectivity index is 1.92. The van der Waals surface area contributed by atoms with Crippen molar-refractivity contribution >= 4 is 27.5 Å². The number of likely N-dealkylation sites (tertiary alicyclic amines) is 1. The lowest BCUT2D eigenvalue weighted by atomic mass is 10.00. The molecule has 0 radical (unpaired) electrons. The second-order valence-electron chi connectivity index (χ2n) is 7.19. The van der Waals surface area contributed by atoms with Crippen molar-refractivity contribution in [3.05, 3.63) is 27.1 Å². The number of nitrogens with zero attached hydrogens (tertiary/aromatic N) is 3. The van der Waals surface area contributed by atoms with E-state index in [1.165, 1.54) is 17.8 Å². The van der Waals surface area contributed by atoms with Crippen molar-refractivity contribution in [2.24, 2.45) is 5.92 Å². The van der Waals surface area contributed by atoms with Crippen LogP contribution in [0.25, 0.3) is 10.2 Å². The third-order valence-electron chi connectivity index (χ3n) is 5.06. The second kappa shape index (κ2) is 7.68. The maximum atomic E-state index is 12.9. The van der Waals surface area contributed by atoms with Gasteiger partial charge in [-0.15, -0.1) is 11.3 Å².